The van der Waals surface area contributed by atoms with E-state index in [1.165, 1.54) is 0 Å². The van der Waals surface area contributed by atoms with Crippen molar-refractivity contribution in [2.45, 2.75) is 13.8 Å². The van der Waals surface area contributed by atoms with E-state index in [-0.39, 0.29) is 6.61 Å². The Morgan fingerprint density at radius 2 is 1.47 bits per heavy atom. The van der Waals surface area contributed by atoms with E-state index in [1.54, 1.807) is 0 Å². The number of hydrogen-bond acceptors (Lipinski definition) is 5. The second-order valence-corrected chi connectivity index (χ2v) is 2.30. The van der Waals surface area contributed by atoms with Crippen LogP contribution in [0.1, 0.15) is 13.8 Å². The number of hydrogen-bond donors (Lipinski definition) is 5. The summed E-state index contributed by atoms with van der Waals surface area (Å²) in [6, 6.07) is 0. The standard InChI is InChI=1S/C4H12N2O.2C2H4O2/c5-1-2-6-3-4-7;2*1-2(3)4/h6-7H,1-5H2;2*1H3,(H,3,4). The summed E-state index contributed by atoms with van der Waals surface area (Å²) in [6.45, 7) is 4.44. The Kier molecular flexibility index (Phi) is 24.0. The molecule has 0 saturated heterocycles. The molecule has 0 aromatic heterocycles. The van der Waals surface area contributed by atoms with Crippen LogP contribution in [0.15, 0.2) is 0 Å². The van der Waals surface area contributed by atoms with Gasteiger partial charge in [-0.25, -0.2) is 0 Å². The van der Waals surface area contributed by atoms with Crippen LogP contribution < -0.4 is 11.1 Å². The zero-order valence-electron chi connectivity index (χ0n) is 9.06. The normalized spacial score (nSPS) is 7.73. The van der Waals surface area contributed by atoms with Gasteiger partial charge < -0.3 is 26.4 Å². The largest absolute Gasteiger partial charge is 0.481 e. The number of aliphatic carboxylic acids is 2. The topological polar surface area (TPSA) is 133 Å². The molecule has 0 fully saturated rings. The molecule has 0 spiro atoms. The van der Waals surface area contributed by atoms with Gasteiger partial charge in [0.25, 0.3) is 11.9 Å². The Bertz CT molecular complexity index is 128. The molecule has 7 nitrogen and oxygen atoms in total. The van der Waals surface area contributed by atoms with Gasteiger partial charge in [0.2, 0.25) is 0 Å². The van der Waals surface area contributed by atoms with E-state index in [2.05, 4.69) is 5.32 Å². The molecular formula is C8H20N2O5. The average Bonchev–Trinajstić information content (AvgIpc) is 2.03. The lowest BCUT2D eigenvalue weighted by atomic mass is 10.6. The second-order valence-electron chi connectivity index (χ2n) is 2.30. The van der Waals surface area contributed by atoms with E-state index >= 15 is 0 Å². The van der Waals surface area contributed by atoms with Crippen molar-refractivity contribution in [2.75, 3.05) is 26.2 Å². The first-order valence-corrected chi connectivity index (χ1v) is 4.29. The fourth-order valence-corrected chi connectivity index (χ4v) is 0.306. The fraction of sp³-hybridized carbons (Fsp3) is 0.750. The minimum absolute atomic E-state index is 0.194. The zero-order chi connectivity index (χ0) is 12.7. The summed E-state index contributed by atoms with van der Waals surface area (Å²) in [6.07, 6.45) is 0. The molecule has 0 rings (SSSR count). The predicted molar refractivity (Wildman–Crippen MR) is 55.6 cm³/mol. The van der Waals surface area contributed by atoms with Crippen LogP contribution in [-0.4, -0.2) is 53.5 Å². The van der Waals surface area contributed by atoms with E-state index in [1.807, 2.05) is 0 Å². The maximum Gasteiger partial charge on any atom is 0.300 e. The fourth-order valence-electron chi connectivity index (χ4n) is 0.306. The Morgan fingerprint density at radius 1 is 1.13 bits per heavy atom. The van der Waals surface area contributed by atoms with Gasteiger partial charge in [-0.05, 0) is 0 Å². The summed E-state index contributed by atoms with van der Waals surface area (Å²) >= 11 is 0. The molecule has 0 aliphatic carbocycles. The molecule has 0 aliphatic heterocycles. The first-order valence-electron chi connectivity index (χ1n) is 4.29. The molecule has 6 N–H and O–H groups in total. The smallest absolute Gasteiger partial charge is 0.300 e. The minimum atomic E-state index is -0.833. The number of aliphatic hydroxyl groups excluding tert-OH is 1. The van der Waals surface area contributed by atoms with Crippen LogP contribution in [0.3, 0.4) is 0 Å². The maximum absolute atomic E-state index is 9.00. The minimum Gasteiger partial charge on any atom is -0.481 e. The molecule has 92 valence electrons. The summed E-state index contributed by atoms with van der Waals surface area (Å²) in [5.41, 5.74) is 5.13. The van der Waals surface area contributed by atoms with Gasteiger partial charge in [-0.2, -0.15) is 0 Å². The number of carboxylic acids is 2. The van der Waals surface area contributed by atoms with E-state index in [0.717, 1.165) is 20.4 Å². The quantitative estimate of drug-likeness (QED) is 0.375. The van der Waals surface area contributed by atoms with E-state index in [9.17, 15) is 0 Å². The van der Waals surface area contributed by atoms with E-state index < -0.39 is 11.9 Å². The monoisotopic (exact) mass is 224 g/mol. The number of nitrogens with two attached hydrogens (primary N) is 1. The molecule has 0 aliphatic rings. The van der Waals surface area contributed by atoms with Gasteiger partial charge in [0, 0.05) is 33.5 Å². The molecule has 7 heteroatoms. The van der Waals surface area contributed by atoms with E-state index in [0.29, 0.717) is 13.1 Å². The summed E-state index contributed by atoms with van der Waals surface area (Å²) in [4.78, 5) is 18.0. The van der Waals surface area contributed by atoms with Gasteiger partial charge in [0.1, 0.15) is 0 Å². The Hall–Kier alpha value is -1.18. The summed E-state index contributed by atoms with van der Waals surface area (Å²) in [5, 5.41) is 25.9. The van der Waals surface area contributed by atoms with Gasteiger partial charge in [-0.1, -0.05) is 0 Å². The average molecular weight is 224 g/mol. The lowest BCUT2D eigenvalue weighted by Crippen LogP contribution is -2.24. The molecule has 0 radical (unpaired) electrons. The molecule has 0 saturated carbocycles. The van der Waals surface area contributed by atoms with Crippen LogP contribution in [0.25, 0.3) is 0 Å². The van der Waals surface area contributed by atoms with Crippen LogP contribution >= 0.6 is 0 Å². The number of nitrogens with one attached hydrogen (secondary N) is 1. The van der Waals surface area contributed by atoms with Gasteiger partial charge in [-0.3, -0.25) is 9.59 Å². The van der Waals surface area contributed by atoms with Crippen molar-refractivity contribution in [3.05, 3.63) is 0 Å². The molecule has 0 aromatic rings. The van der Waals surface area contributed by atoms with E-state index in [4.69, 9.17) is 30.6 Å². The lowest BCUT2D eigenvalue weighted by molar-refractivity contribution is -0.135. The number of rotatable bonds is 4. The highest BCUT2D eigenvalue weighted by atomic mass is 16.4. The van der Waals surface area contributed by atoms with Crippen LogP contribution in [-0.2, 0) is 9.59 Å². The van der Waals surface area contributed by atoms with Gasteiger partial charge >= 0.3 is 0 Å². The Morgan fingerprint density at radius 3 is 1.67 bits per heavy atom. The Labute approximate surface area is 88.9 Å². The summed E-state index contributed by atoms with van der Waals surface area (Å²) in [7, 11) is 0. The lowest BCUT2D eigenvalue weighted by Gasteiger charge is -1.95. The van der Waals surface area contributed by atoms with Gasteiger partial charge in [0.15, 0.2) is 0 Å². The summed E-state index contributed by atoms with van der Waals surface area (Å²) in [5.74, 6) is -1.67. The second kappa shape index (κ2) is 18.6. The molecule has 0 heterocycles. The Balaban J connectivity index is -0.000000155. The first-order chi connectivity index (χ1) is 6.88. The van der Waals surface area contributed by atoms with Crippen molar-refractivity contribution in [2.24, 2.45) is 5.73 Å². The van der Waals surface area contributed by atoms with Gasteiger partial charge in [0.05, 0.1) is 6.61 Å². The first kappa shape index (κ1) is 19.4. The molecule has 0 aromatic carbocycles. The highest BCUT2D eigenvalue weighted by molar-refractivity contribution is 5.63. The van der Waals surface area contributed by atoms with Gasteiger partial charge in [-0.15, -0.1) is 0 Å². The molecule has 0 bridgehead atoms. The maximum atomic E-state index is 9.00. The van der Waals surface area contributed by atoms with Crippen LogP contribution in [0.4, 0.5) is 0 Å². The van der Waals surface area contributed by atoms with Crippen molar-refractivity contribution < 1.29 is 24.9 Å². The van der Waals surface area contributed by atoms with Crippen molar-refractivity contribution in [3.63, 3.8) is 0 Å². The number of aliphatic hydroxyl groups is 1. The summed E-state index contributed by atoms with van der Waals surface area (Å²) < 4.78 is 0. The van der Waals surface area contributed by atoms with Crippen molar-refractivity contribution in [1.82, 2.24) is 5.32 Å². The molecule has 0 atom stereocenters. The van der Waals surface area contributed by atoms with Crippen molar-refractivity contribution in [1.29, 1.82) is 0 Å². The highest BCUT2D eigenvalue weighted by Gasteiger charge is 1.77. The third-order valence-corrected chi connectivity index (χ3v) is 0.610. The third-order valence-electron chi connectivity index (χ3n) is 0.610. The predicted octanol–water partition coefficient (Wildman–Crippen LogP) is -1.29. The molecule has 0 amide bonds. The number of carboxylic acid groups (broad SMARTS) is 2. The molecular weight excluding hydrogens is 204 g/mol. The third kappa shape index (κ3) is 189. The molecule has 15 heavy (non-hydrogen) atoms. The molecule has 0 unspecified atom stereocenters. The SMILES string of the molecule is CC(=O)O.CC(=O)O.NCCNCCO. The number of carbonyl (C=O) groups is 2. The van der Waals surface area contributed by atoms with Crippen molar-refractivity contribution >= 4 is 11.9 Å². The zero-order valence-corrected chi connectivity index (χ0v) is 9.06. The van der Waals surface area contributed by atoms with Crippen LogP contribution in [0.2, 0.25) is 0 Å². The highest BCUT2D eigenvalue weighted by Crippen LogP contribution is 1.51. The van der Waals surface area contributed by atoms with Crippen LogP contribution in [0, 0.1) is 0 Å². The van der Waals surface area contributed by atoms with Crippen molar-refractivity contribution in [3.8, 4) is 0 Å². The van der Waals surface area contributed by atoms with Crippen LogP contribution in [0.5, 0.6) is 0 Å².